The van der Waals surface area contributed by atoms with Gasteiger partial charge in [-0.25, -0.2) is 0 Å². The summed E-state index contributed by atoms with van der Waals surface area (Å²) in [6.45, 7) is 3.52. The molecule has 1 aromatic rings. The predicted molar refractivity (Wildman–Crippen MR) is 73.5 cm³/mol. The van der Waals surface area contributed by atoms with Crippen molar-refractivity contribution in [1.82, 2.24) is 9.47 Å². The van der Waals surface area contributed by atoms with Crippen LogP contribution in [0.4, 0.5) is 0 Å². The molecule has 6 heteroatoms. The fraction of sp³-hybridized carbons (Fsp3) is 0.571. The van der Waals surface area contributed by atoms with Gasteiger partial charge in [0.15, 0.2) is 0 Å². The molecule has 1 saturated heterocycles. The molecule has 1 aliphatic rings. The molecule has 1 atom stereocenters. The largest absolute Gasteiger partial charge is 0.469 e. The Morgan fingerprint density at radius 2 is 2.30 bits per heavy atom. The summed E-state index contributed by atoms with van der Waals surface area (Å²) in [6.07, 6.45) is 1.94. The summed E-state index contributed by atoms with van der Waals surface area (Å²) >= 11 is 0. The lowest BCUT2D eigenvalue weighted by atomic mass is 10.2. The van der Waals surface area contributed by atoms with Crippen molar-refractivity contribution >= 4 is 5.97 Å². The van der Waals surface area contributed by atoms with Gasteiger partial charge in [0.25, 0.3) is 5.56 Å². The van der Waals surface area contributed by atoms with E-state index in [0.717, 1.165) is 13.1 Å². The van der Waals surface area contributed by atoms with Crippen LogP contribution in [0.25, 0.3) is 0 Å². The Bertz CT molecular complexity index is 500. The molecule has 20 heavy (non-hydrogen) atoms. The minimum atomic E-state index is -0.254. The lowest BCUT2D eigenvalue weighted by Gasteiger charge is -2.32. The van der Waals surface area contributed by atoms with Gasteiger partial charge in [-0.2, -0.15) is 0 Å². The fourth-order valence-corrected chi connectivity index (χ4v) is 2.27. The van der Waals surface area contributed by atoms with Gasteiger partial charge in [0.1, 0.15) is 0 Å². The molecule has 110 valence electrons. The molecule has 0 aliphatic carbocycles. The summed E-state index contributed by atoms with van der Waals surface area (Å²) in [5.74, 6) is -0.254. The first-order valence-electron chi connectivity index (χ1n) is 6.75. The van der Waals surface area contributed by atoms with Crippen LogP contribution in [0.3, 0.4) is 0 Å². The second-order valence-corrected chi connectivity index (χ2v) is 4.81. The maximum absolute atomic E-state index is 11.6. The zero-order valence-corrected chi connectivity index (χ0v) is 11.7. The number of hydrogen-bond acceptors (Lipinski definition) is 5. The van der Waals surface area contributed by atoms with Crippen LogP contribution in [0.1, 0.15) is 6.42 Å². The van der Waals surface area contributed by atoms with Gasteiger partial charge in [0.2, 0.25) is 0 Å². The van der Waals surface area contributed by atoms with Crippen LogP contribution in [0.2, 0.25) is 0 Å². The summed E-state index contributed by atoms with van der Waals surface area (Å²) in [5.41, 5.74) is 0.00636. The van der Waals surface area contributed by atoms with Gasteiger partial charge in [-0.05, 0) is 6.07 Å². The molecule has 2 heterocycles. The number of nitrogens with zero attached hydrogens (tertiary/aromatic N) is 2. The van der Waals surface area contributed by atoms with Crippen LogP contribution in [-0.4, -0.2) is 54.9 Å². The van der Waals surface area contributed by atoms with Gasteiger partial charge in [-0.1, -0.05) is 6.07 Å². The lowest BCUT2D eigenvalue weighted by molar-refractivity contribution is -0.145. The molecule has 0 aromatic carbocycles. The van der Waals surface area contributed by atoms with Crippen LogP contribution in [0.15, 0.2) is 29.2 Å². The molecule has 0 radical (unpaired) electrons. The van der Waals surface area contributed by atoms with E-state index in [0.29, 0.717) is 19.7 Å². The number of ether oxygens (including phenoxy) is 2. The van der Waals surface area contributed by atoms with Gasteiger partial charge in [-0.15, -0.1) is 0 Å². The Labute approximate surface area is 117 Å². The highest BCUT2D eigenvalue weighted by molar-refractivity contribution is 5.69. The molecule has 0 saturated carbocycles. The average molecular weight is 280 g/mol. The topological polar surface area (TPSA) is 60.8 Å². The van der Waals surface area contributed by atoms with E-state index in [1.807, 2.05) is 6.07 Å². The molecule has 6 nitrogen and oxygen atoms in total. The highest BCUT2D eigenvalue weighted by Gasteiger charge is 2.22. The van der Waals surface area contributed by atoms with Crippen molar-refractivity contribution in [3.63, 3.8) is 0 Å². The zero-order valence-electron chi connectivity index (χ0n) is 11.7. The Morgan fingerprint density at radius 1 is 1.45 bits per heavy atom. The number of carbonyl (C=O) groups is 1. The van der Waals surface area contributed by atoms with E-state index < -0.39 is 0 Å². The molecule has 0 spiro atoms. The maximum atomic E-state index is 11.6. The summed E-state index contributed by atoms with van der Waals surface area (Å²) in [4.78, 5) is 25.0. The van der Waals surface area contributed by atoms with E-state index in [1.54, 1.807) is 22.9 Å². The van der Waals surface area contributed by atoms with Crippen LogP contribution in [0.5, 0.6) is 0 Å². The van der Waals surface area contributed by atoms with E-state index in [1.165, 1.54) is 7.11 Å². The van der Waals surface area contributed by atoms with Crippen molar-refractivity contribution in [3.8, 4) is 0 Å². The molecule has 0 amide bonds. The molecule has 2 rings (SSSR count). The molecule has 1 unspecified atom stereocenters. The highest BCUT2D eigenvalue weighted by atomic mass is 16.5. The number of hydrogen-bond donors (Lipinski definition) is 0. The van der Waals surface area contributed by atoms with Crippen LogP contribution in [-0.2, 0) is 20.8 Å². The average Bonchev–Trinajstić information content (AvgIpc) is 2.47. The summed E-state index contributed by atoms with van der Waals surface area (Å²) in [6, 6.07) is 5.14. The minimum Gasteiger partial charge on any atom is -0.469 e. The normalized spacial score (nSPS) is 19.8. The van der Waals surface area contributed by atoms with Crippen molar-refractivity contribution in [3.05, 3.63) is 34.7 Å². The van der Waals surface area contributed by atoms with Crippen LogP contribution < -0.4 is 5.56 Å². The van der Waals surface area contributed by atoms with Gasteiger partial charge in [-0.3, -0.25) is 14.5 Å². The van der Waals surface area contributed by atoms with Crippen molar-refractivity contribution in [2.24, 2.45) is 0 Å². The van der Waals surface area contributed by atoms with Gasteiger partial charge in [0.05, 0.1) is 26.2 Å². The van der Waals surface area contributed by atoms with E-state index in [2.05, 4.69) is 9.64 Å². The fourth-order valence-electron chi connectivity index (χ4n) is 2.27. The highest BCUT2D eigenvalue weighted by Crippen LogP contribution is 2.09. The first kappa shape index (κ1) is 14.7. The second kappa shape index (κ2) is 7.21. The molecule has 0 N–H and O–H groups in total. The number of pyridine rings is 1. The van der Waals surface area contributed by atoms with Crippen LogP contribution in [0, 0.1) is 0 Å². The molecule has 1 aromatic heterocycles. The van der Waals surface area contributed by atoms with Crippen molar-refractivity contribution in [2.75, 3.05) is 33.4 Å². The summed E-state index contributed by atoms with van der Waals surface area (Å²) < 4.78 is 11.9. The van der Waals surface area contributed by atoms with E-state index in [9.17, 15) is 9.59 Å². The zero-order chi connectivity index (χ0) is 14.4. The first-order valence-corrected chi connectivity index (χ1v) is 6.75. The van der Waals surface area contributed by atoms with Crippen molar-refractivity contribution < 1.29 is 14.3 Å². The SMILES string of the molecule is COC(=O)CC1CN(CCn2ccccc2=O)CCO1. The van der Waals surface area contributed by atoms with Crippen molar-refractivity contribution in [2.45, 2.75) is 19.1 Å². The van der Waals surface area contributed by atoms with E-state index in [-0.39, 0.29) is 24.1 Å². The Hall–Kier alpha value is -1.66. The second-order valence-electron chi connectivity index (χ2n) is 4.81. The number of esters is 1. The third-order valence-electron chi connectivity index (χ3n) is 3.40. The predicted octanol–water partition coefficient (Wildman–Crippen LogP) is 0.112. The molecule has 1 fully saturated rings. The molecule has 0 bridgehead atoms. The quantitative estimate of drug-likeness (QED) is 0.717. The monoisotopic (exact) mass is 280 g/mol. The first-order chi connectivity index (χ1) is 9.69. The summed E-state index contributed by atoms with van der Waals surface area (Å²) in [5, 5.41) is 0. The Kier molecular flexibility index (Phi) is 5.31. The minimum absolute atomic E-state index is 0.00636. The van der Waals surface area contributed by atoms with Crippen LogP contribution >= 0.6 is 0 Å². The van der Waals surface area contributed by atoms with Gasteiger partial charge in [0, 0.05) is 38.4 Å². The molecular weight excluding hydrogens is 260 g/mol. The Balaban J connectivity index is 1.83. The number of methoxy groups -OCH3 is 1. The van der Waals surface area contributed by atoms with Crippen molar-refractivity contribution in [1.29, 1.82) is 0 Å². The van der Waals surface area contributed by atoms with Gasteiger partial charge < -0.3 is 14.0 Å². The third kappa shape index (κ3) is 4.18. The molecular formula is C14H20N2O4. The standard InChI is InChI=1S/C14H20N2O4/c1-19-14(18)10-12-11-15(8-9-20-12)6-7-16-5-3-2-4-13(16)17/h2-5,12H,6-11H2,1H3. The number of rotatable bonds is 5. The van der Waals surface area contributed by atoms with E-state index >= 15 is 0 Å². The Morgan fingerprint density at radius 3 is 3.05 bits per heavy atom. The number of morpholine rings is 1. The van der Waals surface area contributed by atoms with E-state index in [4.69, 9.17) is 4.74 Å². The smallest absolute Gasteiger partial charge is 0.308 e. The summed E-state index contributed by atoms with van der Waals surface area (Å²) in [7, 11) is 1.38. The molecule has 1 aliphatic heterocycles. The lowest BCUT2D eigenvalue weighted by Crippen LogP contribution is -2.45. The third-order valence-corrected chi connectivity index (χ3v) is 3.40. The van der Waals surface area contributed by atoms with Gasteiger partial charge >= 0.3 is 5.97 Å². The number of carbonyl (C=O) groups excluding carboxylic acids is 1. The maximum Gasteiger partial charge on any atom is 0.308 e. The number of aromatic nitrogens is 1.